The van der Waals surface area contributed by atoms with Gasteiger partial charge in [-0.2, -0.15) is 5.10 Å². The highest BCUT2D eigenvalue weighted by Crippen LogP contribution is 2.32. The van der Waals surface area contributed by atoms with Crippen LogP contribution in [-0.4, -0.2) is 71.8 Å². The zero-order valence-electron chi connectivity index (χ0n) is 24.5. The van der Waals surface area contributed by atoms with E-state index in [4.69, 9.17) is 9.47 Å². The van der Waals surface area contributed by atoms with Crippen LogP contribution >= 0.6 is 0 Å². The van der Waals surface area contributed by atoms with E-state index < -0.39 is 0 Å². The number of hydrogen-bond acceptors (Lipinski definition) is 6. The van der Waals surface area contributed by atoms with Crippen LogP contribution in [0, 0.1) is 11.8 Å². The van der Waals surface area contributed by atoms with Gasteiger partial charge in [-0.25, -0.2) is 0 Å². The van der Waals surface area contributed by atoms with Crippen molar-refractivity contribution in [1.82, 2.24) is 20.0 Å². The Hall–Kier alpha value is -2.67. The minimum atomic E-state index is 0.185. The third-order valence-corrected chi connectivity index (χ3v) is 8.49. The maximum atomic E-state index is 12.7. The number of ether oxygens (including phenoxy) is 2. The van der Waals surface area contributed by atoms with Crippen LogP contribution in [0.4, 0.5) is 0 Å². The fraction of sp³-hybridized carbons (Fsp3) is 0.656. The molecule has 0 radical (unpaired) electrons. The Morgan fingerprint density at radius 1 is 0.974 bits per heavy atom. The molecule has 4 rings (SSSR count). The van der Waals surface area contributed by atoms with E-state index in [1.165, 1.54) is 0 Å². The summed E-state index contributed by atoms with van der Waals surface area (Å²) in [5, 5.41) is 9.02. The van der Waals surface area contributed by atoms with Crippen molar-refractivity contribution in [2.75, 3.05) is 39.8 Å². The van der Waals surface area contributed by atoms with Crippen LogP contribution in [0.25, 0.3) is 11.1 Å². The molecule has 0 spiro atoms. The summed E-state index contributed by atoms with van der Waals surface area (Å²) < 4.78 is 12.5. The minimum absolute atomic E-state index is 0.185. The van der Waals surface area contributed by atoms with E-state index in [0.29, 0.717) is 24.3 Å². The van der Waals surface area contributed by atoms with Gasteiger partial charge < -0.3 is 19.3 Å². The predicted octanol–water partition coefficient (Wildman–Crippen LogP) is 6.01. The number of benzene rings is 1. The SMILES string of the molecule is CCCCc1nnc(OC2CCN(C)CC2)cc1-c1ccc(OCC2CCC(C(=O)N(CC)CC)CC2)cc1. The molecule has 2 fully saturated rings. The van der Waals surface area contributed by atoms with Crippen LogP contribution in [0.5, 0.6) is 11.6 Å². The molecular formula is C32H48N4O3. The summed E-state index contributed by atoms with van der Waals surface area (Å²) >= 11 is 0. The Morgan fingerprint density at radius 3 is 2.31 bits per heavy atom. The molecule has 2 aliphatic rings. The molecule has 2 aromatic rings. The standard InChI is InChI=1S/C32H48N4O3/c1-5-8-9-30-29(22-31(34-33-30)39-28-18-20-35(4)21-19-28)25-14-16-27(17-15-25)38-23-24-10-12-26(13-11-24)32(37)36(6-2)7-3/h14-17,22,24,26,28H,5-13,18-21,23H2,1-4H3. The number of carbonyl (C=O) groups excluding carboxylic acids is 1. The monoisotopic (exact) mass is 536 g/mol. The van der Waals surface area contributed by atoms with E-state index in [9.17, 15) is 4.79 Å². The molecule has 214 valence electrons. The van der Waals surface area contributed by atoms with Gasteiger partial charge in [-0.3, -0.25) is 4.79 Å². The number of aryl methyl sites for hydroxylation is 1. The van der Waals surface area contributed by atoms with Gasteiger partial charge in [0.2, 0.25) is 11.8 Å². The lowest BCUT2D eigenvalue weighted by Crippen LogP contribution is -2.37. The van der Waals surface area contributed by atoms with Gasteiger partial charge in [0.25, 0.3) is 0 Å². The smallest absolute Gasteiger partial charge is 0.234 e. The molecule has 1 saturated heterocycles. The largest absolute Gasteiger partial charge is 0.493 e. The first-order chi connectivity index (χ1) is 19.0. The molecule has 2 heterocycles. The molecule has 7 heteroatoms. The van der Waals surface area contributed by atoms with Crippen LogP contribution in [0.2, 0.25) is 0 Å². The molecule has 0 atom stereocenters. The average molecular weight is 537 g/mol. The van der Waals surface area contributed by atoms with Crippen LogP contribution in [-0.2, 0) is 11.2 Å². The van der Waals surface area contributed by atoms with Crippen molar-refractivity contribution in [2.24, 2.45) is 11.8 Å². The summed E-state index contributed by atoms with van der Waals surface area (Å²) in [5.74, 6) is 2.54. The third-order valence-electron chi connectivity index (χ3n) is 8.49. The number of nitrogens with zero attached hydrogens (tertiary/aromatic N) is 4. The van der Waals surface area contributed by atoms with E-state index in [0.717, 1.165) is 107 Å². The van der Waals surface area contributed by atoms with E-state index in [2.05, 4.69) is 73.2 Å². The van der Waals surface area contributed by atoms with E-state index in [-0.39, 0.29) is 12.0 Å². The van der Waals surface area contributed by atoms with Gasteiger partial charge >= 0.3 is 0 Å². The van der Waals surface area contributed by atoms with E-state index >= 15 is 0 Å². The quantitative estimate of drug-likeness (QED) is 0.331. The van der Waals surface area contributed by atoms with Crippen molar-refractivity contribution < 1.29 is 14.3 Å². The summed E-state index contributed by atoms with van der Waals surface area (Å²) in [5.41, 5.74) is 3.24. The normalized spacial score (nSPS) is 20.5. The first-order valence-electron chi connectivity index (χ1n) is 15.2. The van der Waals surface area contributed by atoms with Gasteiger partial charge in [-0.15, -0.1) is 5.10 Å². The predicted molar refractivity (Wildman–Crippen MR) is 156 cm³/mol. The summed E-state index contributed by atoms with van der Waals surface area (Å²) in [7, 11) is 2.16. The number of aromatic nitrogens is 2. The van der Waals surface area contributed by atoms with Crippen molar-refractivity contribution in [2.45, 2.75) is 84.7 Å². The molecule has 7 nitrogen and oxygen atoms in total. The van der Waals surface area contributed by atoms with Crippen molar-refractivity contribution in [3.05, 3.63) is 36.0 Å². The van der Waals surface area contributed by atoms with Crippen molar-refractivity contribution in [1.29, 1.82) is 0 Å². The highest BCUT2D eigenvalue weighted by molar-refractivity contribution is 5.78. The molecule has 1 saturated carbocycles. The molecule has 1 aliphatic carbocycles. The second kappa shape index (κ2) is 14.6. The first-order valence-corrected chi connectivity index (χ1v) is 15.2. The average Bonchev–Trinajstić information content (AvgIpc) is 2.97. The first kappa shape index (κ1) is 29.3. The Kier molecular flexibility index (Phi) is 11.0. The summed E-state index contributed by atoms with van der Waals surface area (Å²) in [6, 6.07) is 10.4. The lowest BCUT2D eigenvalue weighted by atomic mass is 9.81. The molecule has 1 aromatic carbocycles. The lowest BCUT2D eigenvalue weighted by Gasteiger charge is -2.31. The molecular weight excluding hydrogens is 488 g/mol. The Morgan fingerprint density at radius 2 is 1.67 bits per heavy atom. The number of carbonyl (C=O) groups is 1. The molecule has 1 aliphatic heterocycles. The highest BCUT2D eigenvalue weighted by Gasteiger charge is 2.29. The molecule has 1 amide bonds. The van der Waals surface area contributed by atoms with Crippen molar-refractivity contribution in [3.63, 3.8) is 0 Å². The molecule has 0 N–H and O–H groups in total. The van der Waals surface area contributed by atoms with E-state index in [1.807, 2.05) is 4.90 Å². The molecule has 0 unspecified atom stereocenters. The number of rotatable bonds is 12. The summed E-state index contributed by atoms with van der Waals surface area (Å²) in [6.45, 7) is 10.7. The zero-order chi connectivity index (χ0) is 27.6. The minimum Gasteiger partial charge on any atom is -0.493 e. The van der Waals surface area contributed by atoms with Gasteiger partial charge in [0.1, 0.15) is 11.9 Å². The number of unbranched alkanes of at least 4 members (excludes halogenated alkanes) is 1. The van der Waals surface area contributed by atoms with Gasteiger partial charge in [0.05, 0.1) is 12.3 Å². The second-order valence-electron chi connectivity index (χ2n) is 11.3. The zero-order valence-corrected chi connectivity index (χ0v) is 24.5. The van der Waals surface area contributed by atoms with Crippen LogP contribution in [0.1, 0.15) is 77.8 Å². The molecule has 1 aromatic heterocycles. The van der Waals surface area contributed by atoms with Crippen LogP contribution in [0.15, 0.2) is 30.3 Å². The number of piperidine rings is 1. The summed E-state index contributed by atoms with van der Waals surface area (Å²) in [4.78, 5) is 17.0. The topological polar surface area (TPSA) is 67.8 Å². The number of amides is 1. The third kappa shape index (κ3) is 8.17. The molecule has 0 bridgehead atoms. The highest BCUT2D eigenvalue weighted by atomic mass is 16.5. The lowest BCUT2D eigenvalue weighted by molar-refractivity contribution is -0.136. The maximum Gasteiger partial charge on any atom is 0.234 e. The Balaban J connectivity index is 1.34. The van der Waals surface area contributed by atoms with Gasteiger partial charge in [0.15, 0.2) is 0 Å². The van der Waals surface area contributed by atoms with Gasteiger partial charge in [-0.1, -0.05) is 25.5 Å². The molecule has 39 heavy (non-hydrogen) atoms. The van der Waals surface area contributed by atoms with Crippen molar-refractivity contribution in [3.8, 4) is 22.8 Å². The fourth-order valence-corrected chi connectivity index (χ4v) is 5.82. The summed E-state index contributed by atoms with van der Waals surface area (Å²) in [6.07, 6.45) is 9.40. The van der Waals surface area contributed by atoms with Crippen molar-refractivity contribution >= 4 is 5.91 Å². The number of hydrogen-bond donors (Lipinski definition) is 0. The number of likely N-dealkylation sites (tertiary alicyclic amines) is 1. The van der Waals surface area contributed by atoms with Crippen LogP contribution < -0.4 is 9.47 Å². The fourth-order valence-electron chi connectivity index (χ4n) is 5.82. The van der Waals surface area contributed by atoms with Crippen LogP contribution in [0.3, 0.4) is 0 Å². The Bertz CT molecular complexity index is 1020. The maximum absolute atomic E-state index is 12.7. The van der Waals surface area contributed by atoms with Gasteiger partial charge in [0, 0.05) is 43.7 Å². The van der Waals surface area contributed by atoms with Gasteiger partial charge in [-0.05, 0) is 95.9 Å². The van der Waals surface area contributed by atoms with E-state index in [1.54, 1.807) is 0 Å². The second-order valence-corrected chi connectivity index (χ2v) is 11.3. The Labute approximate surface area is 235 Å².